The van der Waals surface area contributed by atoms with Crippen LogP contribution in [0.25, 0.3) is 21.6 Å². The molecule has 154 valence electrons. The SMILES string of the molecule is CC(=O)Nc1nc2ccc(-c3cnc(C)c(NS(=O)(=O)C(CO)CO)c3)nc2s1. The van der Waals surface area contributed by atoms with E-state index in [4.69, 9.17) is 10.2 Å². The number of hydrogen-bond acceptors (Lipinski definition) is 9. The summed E-state index contributed by atoms with van der Waals surface area (Å²) >= 11 is 1.22. The molecule has 10 nitrogen and oxygen atoms in total. The molecule has 0 aliphatic rings. The van der Waals surface area contributed by atoms with Crippen molar-refractivity contribution in [2.75, 3.05) is 23.3 Å². The summed E-state index contributed by atoms with van der Waals surface area (Å²) in [6.45, 7) is 1.61. The summed E-state index contributed by atoms with van der Waals surface area (Å²) in [6.07, 6.45) is 1.56. The average Bonchev–Trinajstić information content (AvgIpc) is 3.04. The Labute approximate surface area is 170 Å². The number of nitrogens with zero attached hydrogens (tertiary/aromatic N) is 3. The number of aryl methyl sites for hydroxylation is 1. The van der Waals surface area contributed by atoms with Crippen LogP contribution < -0.4 is 10.0 Å². The van der Waals surface area contributed by atoms with Crippen molar-refractivity contribution >= 4 is 48.4 Å². The summed E-state index contributed by atoms with van der Waals surface area (Å²) in [5.74, 6) is -0.229. The number of thiazole rings is 1. The second-order valence-electron chi connectivity index (χ2n) is 6.21. The molecule has 4 N–H and O–H groups in total. The van der Waals surface area contributed by atoms with Crippen molar-refractivity contribution in [2.24, 2.45) is 0 Å². The first kappa shape index (κ1) is 21.0. The minimum atomic E-state index is -4.00. The minimum absolute atomic E-state index is 0.222. The molecule has 29 heavy (non-hydrogen) atoms. The van der Waals surface area contributed by atoms with Gasteiger partial charge < -0.3 is 15.5 Å². The number of carbonyl (C=O) groups is 1. The third-order valence-electron chi connectivity index (χ3n) is 4.02. The summed E-state index contributed by atoms with van der Waals surface area (Å²) in [5, 5.41) is 20.0. The summed E-state index contributed by atoms with van der Waals surface area (Å²) < 4.78 is 27.0. The largest absolute Gasteiger partial charge is 0.395 e. The van der Waals surface area contributed by atoms with Crippen LogP contribution in [-0.4, -0.2) is 58.0 Å². The molecule has 0 bridgehead atoms. The summed E-state index contributed by atoms with van der Waals surface area (Å²) in [7, 11) is -4.00. The van der Waals surface area contributed by atoms with E-state index >= 15 is 0 Å². The lowest BCUT2D eigenvalue weighted by Gasteiger charge is -2.16. The van der Waals surface area contributed by atoms with Crippen LogP contribution in [0, 0.1) is 6.92 Å². The zero-order chi connectivity index (χ0) is 21.2. The van der Waals surface area contributed by atoms with Gasteiger partial charge in [0.25, 0.3) is 0 Å². The number of aliphatic hydroxyl groups excluding tert-OH is 2. The minimum Gasteiger partial charge on any atom is -0.395 e. The first-order chi connectivity index (χ1) is 13.7. The highest BCUT2D eigenvalue weighted by atomic mass is 32.2. The van der Waals surface area contributed by atoms with Gasteiger partial charge in [0.2, 0.25) is 15.9 Å². The van der Waals surface area contributed by atoms with E-state index in [0.29, 0.717) is 32.4 Å². The number of sulfonamides is 1. The van der Waals surface area contributed by atoms with Crippen LogP contribution in [0.15, 0.2) is 24.4 Å². The third-order valence-corrected chi connectivity index (χ3v) is 6.58. The summed E-state index contributed by atoms with van der Waals surface area (Å²) in [6, 6.07) is 5.04. The molecular formula is C17H19N5O5S2. The number of nitrogens with one attached hydrogen (secondary N) is 2. The molecule has 3 heterocycles. The molecule has 0 saturated heterocycles. The van der Waals surface area contributed by atoms with Crippen molar-refractivity contribution in [2.45, 2.75) is 19.1 Å². The molecule has 3 aromatic rings. The van der Waals surface area contributed by atoms with Crippen molar-refractivity contribution in [1.29, 1.82) is 0 Å². The lowest BCUT2D eigenvalue weighted by Crippen LogP contribution is -2.34. The Kier molecular flexibility index (Phi) is 6.07. The van der Waals surface area contributed by atoms with Crippen LogP contribution in [-0.2, 0) is 14.8 Å². The molecule has 0 saturated carbocycles. The molecular weight excluding hydrogens is 418 g/mol. The fourth-order valence-electron chi connectivity index (χ4n) is 2.45. The van der Waals surface area contributed by atoms with Gasteiger partial charge in [0.15, 0.2) is 5.13 Å². The van der Waals surface area contributed by atoms with Gasteiger partial charge in [0, 0.05) is 18.7 Å². The Balaban J connectivity index is 1.95. The molecule has 0 aliphatic heterocycles. The number of hydrogen-bond donors (Lipinski definition) is 4. The van der Waals surface area contributed by atoms with Crippen LogP contribution in [0.5, 0.6) is 0 Å². The molecule has 1 amide bonds. The maximum atomic E-state index is 12.3. The zero-order valence-electron chi connectivity index (χ0n) is 15.6. The maximum absolute atomic E-state index is 12.3. The average molecular weight is 438 g/mol. The lowest BCUT2D eigenvalue weighted by atomic mass is 10.1. The van der Waals surface area contributed by atoms with Crippen molar-refractivity contribution < 1.29 is 23.4 Å². The van der Waals surface area contributed by atoms with Gasteiger partial charge in [-0.15, -0.1) is 0 Å². The Morgan fingerprint density at radius 2 is 1.97 bits per heavy atom. The number of amides is 1. The van der Waals surface area contributed by atoms with Crippen LogP contribution in [0.2, 0.25) is 0 Å². The molecule has 0 unspecified atom stereocenters. The maximum Gasteiger partial charge on any atom is 0.240 e. The van der Waals surface area contributed by atoms with E-state index in [2.05, 4.69) is 25.0 Å². The lowest BCUT2D eigenvalue weighted by molar-refractivity contribution is -0.114. The van der Waals surface area contributed by atoms with Crippen LogP contribution >= 0.6 is 11.3 Å². The molecule has 0 spiro atoms. The van der Waals surface area contributed by atoms with Gasteiger partial charge in [-0.1, -0.05) is 11.3 Å². The molecule has 0 aromatic carbocycles. The fraction of sp³-hybridized carbons (Fsp3) is 0.294. The van der Waals surface area contributed by atoms with Crippen molar-refractivity contribution in [1.82, 2.24) is 15.0 Å². The quantitative estimate of drug-likeness (QED) is 0.429. The van der Waals surface area contributed by atoms with Gasteiger partial charge in [-0.25, -0.2) is 18.4 Å². The van der Waals surface area contributed by atoms with Crippen LogP contribution in [0.1, 0.15) is 12.6 Å². The van der Waals surface area contributed by atoms with Gasteiger partial charge in [-0.3, -0.25) is 14.5 Å². The first-order valence-corrected chi connectivity index (χ1v) is 10.9. The van der Waals surface area contributed by atoms with Crippen LogP contribution in [0.4, 0.5) is 10.8 Å². The zero-order valence-corrected chi connectivity index (χ0v) is 17.2. The first-order valence-electron chi connectivity index (χ1n) is 8.49. The van der Waals surface area contributed by atoms with E-state index < -0.39 is 28.5 Å². The number of rotatable bonds is 7. The molecule has 0 atom stereocenters. The molecule has 0 fully saturated rings. The fourth-order valence-corrected chi connectivity index (χ4v) is 4.41. The van der Waals surface area contributed by atoms with E-state index in [1.807, 2.05) is 0 Å². The summed E-state index contributed by atoms with van der Waals surface area (Å²) in [4.78, 5) is 24.8. The van der Waals surface area contributed by atoms with Crippen molar-refractivity contribution in [3.8, 4) is 11.3 Å². The number of pyridine rings is 2. The number of carbonyl (C=O) groups excluding carboxylic acids is 1. The van der Waals surface area contributed by atoms with E-state index in [0.717, 1.165) is 0 Å². The monoisotopic (exact) mass is 437 g/mol. The predicted molar refractivity (Wildman–Crippen MR) is 110 cm³/mol. The van der Waals surface area contributed by atoms with Gasteiger partial charge in [-0.05, 0) is 25.1 Å². The molecule has 3 aromatic heterocycles. The van der Waals surface area contributed by atoms with Crippen molar-refractivity contribution in [3.05, 3.63) is 30.1 Å². The van der Waals surface area contributed by atoms with Crippen LogP contribution in [0.3, 0.4) is 0 Å². The normalized spacial score (nSPS) is 11.8. The van der Waals surface area contributed by atoms with E-state index in [1.165, 1.54) is 18.3 Å². The number of anilines is 2. The van der Waals surface area contributed by atoms with Gasteiger partial charge in [-0.2, -0.15) is 0 Å². The Hall–Kier alpha value is -2.67. The topological polar surface area (TPSA) is 154 Å². The Morgan fingerprint density at radius 3 is 2.62 bits per heavy atom. The van der Waals surface area contributed by atoms with E-state index in [-0.39, 0.29) is 11.6 Å². The van der Waals surface area contributed by atoms with Gasteiger partial charge >= 0.3 is 0 Å². The summed E-state index contributed by atoms with van der Waals surface area (Å²) in [5.41, 5.74) is 2.38. The Morgan fingerprint density at radius 1 is 1.24 bits per heavy atom. The third kappa shape index (κ3) is 4.67. The number of aromatic nitrogens is 3. The van der Waals surface area contributed by atoms with Gasteiger partial charge in [0.1, 0.15) is 15.6 Å². The second kappa shape index (κ2) is 8.37. The molecule has 3 rings (SSSR count). The highest BCUT2D eigenvalue weighted by Gasteiger charge is 2.25. The van der Waals surface area contributed by atoms with E-state index in [1.54, 1.807) is 31.3 Å². The highest BCUT2D eigenvalue weighted by molar-refractivity contribution is 7.93. The molecule has 0 radical (unpaired) electrons. The standard InChI is InChI=1S/C17H19N5O5S2/c1-9-15(22-29(26,27)12(7-23)8-24)5-11(6-18-9)13-3-4-14-16(20-13)28-17(21-14)19-10(2)25/h3-6,12,22-24H,7-8H2,1-2H3,(H,19,21,25). The van der Waals surface area contributed by atoms with Crippen molar-refractivity contribution in [3.63, 3.8) is 0 Å². The Bertz CT molecular complexity index is 1160. The number of aliphatic hydroxyl groups is 2. The highest BCUT2D eigenvalue weighted by Crippen LogP contribution is 2.29. The number of fused-ring (bicyclic) bond motifs is 1. The predicted octanol–water partition coefficient (Wildman–Crippen LogP) is 1.12. The van der Waals surface area contributed by atoms with E-state index in [9.17, 15) is 13.2 Å². The smallest absolute Gasteiger partial charge is 0.240 e. The second-order valence-corrected chi connectivity index (χ2v) is 9.15. The van der Waals surface area contributed by atoms with Gasteiger partial charge in [0.05, 0.1) is 30.3 Å². The molecule has 12 heteroatoms. The molecule has 0 aliphatic carbocycles.